The number of phosphoric ester groups is 1. The number of alkyl carbamates (subject to hydrolysis) is 1. The van der Waals surface area contributed by atoms with Crippen molar-refractivity contribution in [2.75, 3.05) is 6.54 Å². The summed E-state index contributed by atoms with van der Waals surface area (Å²) in [7, 11) is -5.26. The minimum absolute atomic E-state index is 0.0444. The van der Waals surface area contributed by atoms with E-state index in [1.165, 1.54) is 24.1 Å². The predicted octanol–water partition coefficient (Wildman–Crippen LogP) is 5.64. The monoisotopic (exact) mass is 1600 g/mol. The number of carbonyl (C=O) groups is 9. The molecule has 6 aliphatic heterocycles. The van der Waals surface area contributed by atoms with Crippen molar-refractivity contribution in [3.63, 3.8) is 0 Å². The first-order chi connectivity index (χ1) is 53.2. The fourth-order valence-electron chi connectivity index (χ4n) is 17.9. The second kappa shape index (κ2) is 33.5. The second-order valence-electron chi connectivity index (χ2n) is 33.8. The maximum absolute atomic E-state index is 14.7. The molecule has 2 fully saturated rings. The quantitative estimate of drug-likeness (QED) is 0.0203. The van der Waals surface area contributed by atoms with Crippen molar-refractivity contribution in [3.05, 3.63) is 112 Å². The molecule has 8 bridgehead atoms. The molecule has 10 rings (SSSR count). The minimum atomic E-state index is -5.26. The Labute approximate surface area is 661 Å². The smallest absolute Gasteiger partial charge is 0.457 e. The maximum Gasteiger partial charge on any atom is 0.472 e. The number of nitrogens with two attached hydrogens (primary N) is 6. The van der Waals surface area contributed by atoms with Crippen LogP contribution in [0, 0.1) is 59.2 Å². The number of benzene rings is 2. The molecule has 0 saturated carbocycles. The number of fused-ring (bicyclic) bond motifs is 7. The summed E-state index contributed by atoms with van der Waals surface area (Å²) in [4.78, 5) is 154. The first-order valence-corrected chi connectivity index (χ1v) is 39.9. The van der Waals surface area contributed by atoms with Gasteiger partial charge in [-0.3, -0.25) is 57.6 Å². The summed E-state index contributed by atoms with van der Waals surface area (Å²) in [6.07, 6.45) is -4.27. The third-order valence-corrected chi connectivity index (χ3v) is 25.1. The Morgan fingerprint density at radius 3 is 2.04 bits per heavy atom. The summed E-state index contributed by atoms with van der Waals surface area (Å²) < 4.78 is 46.6. The van der Waals surface area contributed by atoms with Gasteiger partial charge in [-0.1, -0.05) is 70.2 Å². The van der Waals surface area contributed by atoms with Gasteiger partial charge < -0.3 is 79.1 Å². The van der Waals surface area contributed by atoms with Crippen LogP contribution in [0.15, 0.2) is 104 Å². The molecule has 0 aliphatic carbocycles. The molecule has 2 aromatic heterocycles. The Hall–Kier alpha value is -9.86. The molecule has 0 radical (unpaired) electrons. The molecule has 34 nitrogen and oxygen atoms in total. The second-order valence-corrected chi connectivity index (χ2v) is 35.2. The van der Waals surface area contributed by atoms with Crippen LogP contribution in [-0.2, 0) is 85.8 Å². The Balaban J connectivity index is 0.947. The number of hydrogen-bond acceptors (Lipinski definition) is 23. The Kier molecular flexibility index (Phi) is 25.5. The van der Waals surface area contributed by atoms with E-state index < -0.39 is 167 Å². The van der Waals surface area contributed by atoms with Crippen LogP contribution in [0.5, 0.6) is 0 Å². The number of nitrogens with one attached hydrogen (secondary N) is 3. The van der Waals surface area contributed by atoms with Gasteiger partial charge in [-0.15, -0.1) is 5.10 Å². The highest BCUT2D eigenvalue weighted by molar-refractivity contribution is 7.47. The number of aromatic nitrogens is 5. The molecule has 1 unspecified atom stereocenters. The van der Waals surface area contributed by atoms with Crippen molar-refractivity contribution in [2.45, 2.75) is 241 Å². The zero-order valence-corrected chi connectivity index (χ0v) is 68.1. The number of imidazole rings is 1. The number of aliphatic hydroxyl groups is 1. The van der Waals surface area contributed by atoms with E-state index in [0.717, 1.165) is 16.7 Å². The van der Waals surface area contributed by atoms with Gasteiger partial charge >= 0.3 is 19.9 Å². The third kappa shape index (κ3) is 18.4. The molecule has 2 aromatic carbocycles. The van der Waals surface area contributed by atoms with Crippen LogP contribution >= 0.6 is 7.82 Å². The van der Waals surface area contributed by atoms with Crippen LogP contribution in [-0.4, -0.2) is 159 Å². The highest BCUT2D eigenvalue weighted by Gasteiger charge is 2.66. The van der Waals surface area contributed by atoms with E-state index >= 15 is 0 Å². The standard InChI is InChI=1S/C79H110N17O17P/c1-40-28-52-54(29-41(40)2)96(39-87-52)71-66(104)67(55(110-71)37-95-36-46(93-94-95)38-109-72(105)53(30-45-18-16-15-17-19-45)89-73(106)111-74(6,7)8)113-114(107,108)112-42(3)35-86-63(103)26-27-76(11)50(31-60(83)100)70-79(14)78(13,34-62(85)102)49(22-25-59(82)99)65(92-79)44(5)69-77(12,33-61(84)101)47(20-23-57(80)97)51(88-69)32-56-75(9,10)48(21-24-58(81)98)64(90-56)43(4)68(76)91-70/h15-19,28-29,32,36,39,42,47-50,53,55,66-67,70-71,88,104H,20-27,30-31,33-35,37-38H2,1-14H3,(H2,80,97)(H2,81,98)(H2,82,99)(H2,83,100)(H2,84,101)(H2,85,102)(H,86,103)(H,89,106)(H,107,108)/b51-32?,64-43?,69-44-/t42-,47-,48-,49-,50+,53+,55-,66-,67-,70-,71+,76-,77+,78+,79+/m1/s1. The number of allylic oxidation sites excluding steroid dienone is 6. The van der Waals surface area contributed by atoms with Gasteiger partial charge in [0.15, 0.2) is 6.23 Å². The fraction of sp³-hybridized carbons (Fsp3) is 0.582. The highest BCUT2D eigenvalue weighted by atomic mass is 31.2. The van der Waals surface area contributed by atoms with Crippen molar-refractivity contribution in [3.8, 4) is 0 Å². The maximum atomic E-state index is 14.7. The molecule has 6 aliphatic rings. The van der Waals surface area contributed by atoms with Gasteiger partial charge in [0.25, 0.3) is 0 Å². The summed E-state index contributed by atoms with van der Waals surface area (Å²) in [6, 6.07) is 10.5. The molecular weight excluding hydrogens is 1490 g/mol. The molecule has 114 heavy (non-hydrogen) atoms. The first kappa shape index (κ1) is 86.5. The molecule has 2 saturated heterocycles. The average Bonchev–Trinajstić information content (AvgIpc) is 1.52. The number of carbonyl (C=O) groups excluding carboxylic acids is 9. The van der Waals surface area contributed by atoms with Gasteiger partial charge in [0.1, 0.15) is 42.3 Å². The number of aliphatic hydroxyl groups excluding tert-OH is 1. The number of phosphoric acid groups is 1. The zero-order chi connectivity index (χ0) is 83.9. The van der Waals surface area contributed by atoms with Crippen molar-refractivity contribution < 1.29 is 81.0 Å². The van der Waals surface area contributed by atoms with Crippen molar-refractivity contribution in [1.82, 2.24) is 40.5 Å². The topological polar surface area (TPSA) is 535 Å². The molecule has 618 valence electrons. The molecule has 16 atom stereocenters. The van der Waals surface area contributed by atoms with Crippen LogP contribution in [0.2, 0.25) is 0 Å². The van der Waals surface area contributed by atoms with Crippen LogP contribution in [0.3, 0.4) is 0 Å². The van der Waals surface area contributed by atoms with Crippen LogP contribution in [0.25, 0.3) is 11.0 Å². The molecule has 8 amide bonds. The fourth-order valence-corrected chi connectivity index (χ4v) is 19.0. The number of ether oxygens (including phenoxy) is 3. The molecule has 8 heterocycles. The zero-order valence-electron chi connectivity index (χ0n) is 67.2. The van der Waals surface area contributed by atoms with E-state index in [4.69, 9.17) is 72.6 Å². The lowest BCUT2D eigenvalue weighted by atomic mass is 9.55. The van der Waals surface area contributed by atoms with Gasteiger partial charge in [0.2, 0.25) is 41.4 Å². The molecular formula is C79H110N17O17P. The SMILES string of the molecule is CC1=C2N=C(C=C3N/C(=C(/C)C4=N[C@@](C)([C@@H]5N=C1[C@](C)(CCC(=O)NC[C@@H](C)OP(=O)(O)O[C@H]1[C@@H](O)[C@@H](n6cnc7cc(C)c(C)cc76)O[C@@H]1Cn1cc(COC(=O)[C@H](Cc6ccccc6)NC(=O)OC(C)(C)C)nn1)[C@H]5CC(N)=O)[C@@](C)(CC(N)=O)[C@@H]4CCC(N)=O)[C@@](C)(CC(N)=O)[C@@H]3CCC(N)=O)C(C)(C)[C@@H]2CCC(N)=O. The lowest BCUT2D eigenvalue weighted by Crippen LogP contribution is -2.56. The van der Waals surface area contributed by atoms with Crippen molar-refractivity contribution >= 4 is 89.4 Å². The Morgan fingerprint density at radius 1 is 0.789 bits per heavy atom. The van der Waals surface area contributed by atoms with Gasteiger partial charge in [0.05, 0.1) is 47.8 Å². The number of primary amides is 6. The van der Waals surface area contributed by atoms with Crippen LogP contribution in [0.1, 0.15) is 182 Å². The summed E-state index contributed by atoms with van der Waals surface area (Å²) in [6.45, 7) is 24.2. The summed E-state index contributed by atoms with van der Waals surface area (Å²) in [5.74, 6) is -8.25. The normalized spacial score (nSPS) is 28.7. The minimum Gasteiger partial charge on any atom is -0.457 e. The largest absolute Gasteiger partial charge is 0.472 e. The lowest BCUT2D eigenvalue weighted by molar-refractivity contribution is -0.147. The summed E-state index contributed by atoms with van der Waals surface area (Å²) in [5, 5.41) is 29.7. The molecule has 4 aromatic rings. The highest BCUT2D eigenvalue weighted by Crippen LogP contribution is 2.63. The van der Waals surface area contributed by atoms with E-state index in [1.807, 2.05) is 93.5 Å². The summed E-state index contributed by atoms with van der Waals surface area (Å²) in [5.41, 5.74) is 37.2. The first-order valence-electron chi connectivity index (χ1n) is 38.4. The number of esters is 1. The number of aryl methyl sites for hydroxylation is 2. The van der Waals surface area contributed by atoms with Crippen molar-refractivity contribution in [2.24, 2.45) is 94.7 Å². The molecule has 17 N–H and O–H groups in total. The van der Waals surface area contributed by atoms with E-state index in [9.17, 15) is 57.7 Å². The van der Waals surface area contributed by atoms with E-state index in [1.54, 1.807) is 49.6 Å². The van der Waals surface area contributed by atoms with E-state index in [2.05, 4.69) is 31.2 Å². The predicted molar refractivity (Wildman–Crippen MR) is 420 cm³/mol. The van der Waals surface area contributed by atoms with Crippen molar-refractivity contribution in [1.29, 1.82) is 0 Å². The van der Waals surface area contributed by atoms with E-state index in [-0.39, 0.29) is 95.8 Å². The van der Waals surface area contributed by atoms with E-state index in [0.29, 0.717) is 56.4 Å². The van der Waals surface area contributed by atoms with Crippen LogP contribution in [0.4, 0.5) is 4.79 Å². The third-order valence-electron chi connectivity index (χ3n) is 24.0. The van der Waals surface area contributed by atoms with Gasteiger partial charge in [-0.05, 0) is 134 Å². The Morgan fingerprint density at radius 2 is 1.42 bits per heavy atom. The number of hydrogen-bond donors (Lipinski definition) is 11. The van der Waals surface area contributed by atoms with Gasteiger partial charge in [0, 0.05) is 137 Å². The average molecular weight is 1600 g/mol. The summed E-state index contributed by atoms with van der Waals surface area (Å²) >= 11 is 0. The number of amides is 8. The molecule has 0 spiro atoms. The number of aliphatic imine (C=N–C) groups is 3. The lowest BCUT2D eigenvalue weighted by Gasteiger charge is -2.48. The number of nitrogens with zero attached hydrogens (tertiary/aromatic N) is 8. The van der Waals surface area contributed by atoms with Gasteiger partial charge in [-0.2, -0.15) is 0 Å². The number of rotatable bonds is 33. The van der Waals surface area contributed by atoms with Crippen LogP contribution < -0.4 is 50.4 Å². The van der Waals surface area contributed by atoms with Gasteiger partial charge in [-0.25, -0.2) is 23.8 Å². The molecule has 35 heteroatoms. The Bertz CT molecular complexity index is 4710.